The van der Waals surface area contributed by atoms with E-state index in [9.17, 15) is 4.79 Å². The zero-order valence-electron chi connectivity index (χ0n) is 13.1. The number of carbonyl (C=O) groups is 1. The number of hydrogen-bond donors (Lipinski definition) is 1. The molecule has 2 aromatic rings. The van der Waals surface area contributed by atoms with Gasteiger partial charge in [0.25, 0.3) is 0 Å². The molecule has 1 amide bonds. The van der Waals surface area contributed by atoms with Crippen LogP contribution in [0.5, 0.6) is 5.75 Å². The smallest absolute Gasteiger partial charge is 0.244 e. The van der Waals surface area contributed by atoms with Gasteiger partial charge in [0.2, 0.25) is 5.91 Å². The zero-order valence-corrected chi connectivity index (χ0v) is 13.1. The fraction of sp³-hybridized carbons (Fsp3) is 0.400. The first-order valence-electron chi connectivity index (χ1n) is 7.06. The molecule has 7 heteroatoms. The maximum absolute atomic E-state index is 12.2. The topological polar surface area (TPSA) is 86.3 Å². The van der Waals surface area contributed by atoms with Crippen LogP contribution in [0.15, 0.2) is 30.5 Å². The van der Waals surface area contributed by atoms with E-state index in [1.165, 1.54) is 16.4 Å². The van der Waals surface area contributed by atoms with Crippen molar-refractivity contribution in [3.8, 4) is 5.75 Å². The van der Waals surface area contributed by atoms with Gasteiger partial charge in [-0.05, 0) is 26.0 Å². The second-order valence-electron chi connectivity index (χ2n) is 5.32. The predicted molar refractivity (Wildman–Crippen MR) is 83.3 cm³/mol. The van der Waals surface area contributed by atoms with Gasteiger partial charge in [-0.25, -0.2) is 4.68 Å². The monoisotopic (exact) mass is 303 g/mol. The molecule has 2 N–H and O–H groups in total. The standard InChI is InChI=1S/C15H21N5O2/c1-11-4-6-13(7-5-11)22-10-12(2)19(3)15(21)9-20-8-14(16)17-18-20/h4-8,12H,9-10,16H2,1-3H3. The first-order chi connectivity index (χ1) is 10.5. The van der Waals surface area contributed by atoms with Crippen molar-refractivity contribution in [2.45, 2.75) is 26.4 Å². The van der Waals surface area contributed by atoms with Gasteiger partial charge in [0.05, 0.1) is 12.2 Å². The summed E-state index contributed by atoms with van der Waals surface area (Å²) in [5.74, 6) is 1.01. The van der Waals surface area contributed by atoms with E-state index in [4.69, 9.17) is 10.5 Å². The first kappa shape index (κ1) is 15.8. The van der Waals surface area contributed by atoms with Crippen LogP contribution < -0.4 is 10.5 Å². The minimum atomic E-state index is -0.0788. The fourth-order valence-corrected chi connectivity index (χ4v) is 1.85. The Morgan fingerprint density at radius 3 is 2.68 bits per heavy atom. The van der Waals surface area contributed by atoms with Crippen molar-refractivity contribution in [3.63, 3.8) is 0 Å². The summed E-state index contributed by atoms with van der Waals surface area (Å²) in [6, 6.07) is 7.76. The minimum absolute atomic E-state index is 0.0605. The van der Waals surface area contributed by atoms with Crippen molar-refractivity contribution < 1.29 is 9.53 Å². The fourth-order valence-electron chi connectivity index (χ4n) is 1.85. The molecule has 1 atom stereocenters. The van der Waals surface area contributed by atoms with E-state index < -0.39 is 0 Å². The molecule has 1 unspecified atom stereocenters. The number of nitrogens with two attached hydrogens (primary N) is 1. The molecule has 1 aromatic heterocycles. The number of hydrogen-bond acceptors (Lipinski definition) is 5. The number of rotatable bonds is 6. The highest BCUT2D eigenvalue weighted by Crippen LogP contribution is 2.12. The van der Waals surface area contributed by atoms with Gasteiger partial charge in [-0.15, -0.1) is 5.10 Å². The van der Waals surface area contributed by atoms with Crippen LogP contribution in [0.25, 0.3) is 0 Å². The minimum Gasteiger partial charge on any atom is -0.491 e. The van der Waals surface area contributed by atoms with Gasteiger partial charge in [-0.1, -0.05) is 22.9 Å². The average molecular weight is 303 g/mol. The number of aromatic nitrogens is 3. The average Bonchev–Trinajstić information content (AvgIpc) is 2.90. The molecule has 0 bridgehead atoms. The highest BCUT2D eigenvalue weighted by atomic mass is 16.5. The highest BCUT2D eigenvalue weighted by Gasteiger charge is 2.17. The number of nitrogens with zero attached hydrogens (tertiary/aromatic N) is 4. The maximum atomic E-state index is 12.2. The van der Waals surface area contributed by atoms with E-state index in [1.54, 1.807) is 11.9 Å². The lowest BCUT2D eigenvalue weighted by atomic mass is 10.2. The maximum Gasteiger partial charge on any atom is 0.244 e. The van der Waals surface area contributed by atoms with Crippen LogP contribution in [-0.4, -0.2) is 45.5 Å². The van der Waals surface area contributed by atoms with Crippen LogP contribution in [0, 0.1) is 6.92 Å². The number of carbonyl (C=O) groups excluding carboxylic acids is 1. The Labute approximate surface area is 129 Å². The van der Waals surface area contributed by atoms with Gasteiger partial charge in [-0.2, -0.15) is 0 Å². The number of benzene rings is 1. The van der Waals surface area contributed by atoms with Crippen molar-refractivity contribution in [2.75, 3.05) is 19.4 Å². The van der Waals surface area contributed by atoms with E-state index in [1.807, 2.05) is 38.1 Å². The zero-order chi connectivity index (χ0) is 16.1. The molecule has 0 fully saturated rings. The summed E-state index contributed by atoms with van der Waals surface area (Å²) in [6.07, 6.45) is 1.53. The molecule has 1 aromatic carbocycles. The normalized spacial score (nSPS) is 12.0. The molecular formula is C15H21N5O2. The van der Waals surface area contributed by atoms with Gasteiger partial charge in [0, 0.05) is 7.05 Å². The van der Waals surface area contributed by atoms with Crippen LogP contribution in [0.3, 0.4) is 0 Å². The molecular weight excluding hydrogens is 282 g/mol. The summed E-state index contributed by atoms with van der Waals surface area (Å²) in [7, 11) is 1.74. The molecule has 22 heavy (non-hydrogen) atoms. The van der Waals surface area contributed by atoms with Crippen LogP contribution in [0.2, 0.25) is 0 Å². The third-order valence-electron chi connectivity index (χ3n) is 3.42. The number of ether oxygens (including phenoxy) is 1. The van der Waals surface area contributed by atoms with Gasteiger partial charge >= 0.3 is 0 Å². The third-order valence-corrected chi connectivity index (χ3v) is 3.42. The SMILES string of the molecule is Cc1ccc(OCC(C)N(C)C(=O)Cn2cc(N)nn2)cc1. The molecule has 118 valence electrons. The highest BCUT2D eigenvalue weighted by molar-refractivity contribution is 5.75. The van der Waals surface area contributed by atoms with Crippen LogP contribution in [-0.2, 0) is 11.3 Å². The van der Waals surface area contributed by atoms with Gasteiger partial charge in [0.1, 0.15) is 18.9 Å². The molecule has 0 aliphatic heterocycles. The molecule has 7 nitrogen and oxygen atoms in total. The second-order valence-corrected chi connectivity index (χ2v) is 5.32. The van der Waals surface area contributed by atoms with E-state index in [0.717, 1.165) is 5.75 Å². The molecule has 2 rings (SSSR count). The molecule has 0 aliphatic rings. The molecule has 0 spiro atoms. The van der Waals surface area contributed by atoms with Crippen LogP contribution >= 0.6 is 0 Å². The Morgan fingerprint density at radius 1 is 1.41 bits per heavy atom. The van der Waals surface area contributed by atoms with Crippen molar-refractivity contribution in [2.24, 2.45) is 0 Å². The molecule has 0 radical (unpaired) electrons. The van der Waals surface area contributed by atoms with Gasteiger partial charge in [0.15, 0.2) is 5.82 Å². The van der Waals surface area contributed by atoms with E-state index in [0.29, 0.717) is 12.4 Å². The lowest BCUT2D eigenvalue weighted by molar-refractivity contribution is -0.133. The van der Waals surface area contributed by atoms with Crippen molar-refractivity contribution >= 4 is 11.7 Å². The lowest BCUT2D eigenvalue weighted by Crippen LogP contribution is -2.40. The number of nitrogen functional groups attached to an aromatic ring is 1. The second kappa shape index (κ2) is 6.93. The third kappa shape index (κ3) is 4.21. The van der Waals surface area contributed by atoms with Gasteiger partial charge < -0.3 is 15.4 Å². The summed E-state index contributed by atoms with van der Waals surface area (Å²) in [6.45, 7) is 4.48. The quantitative estimate of drug-likeness (QED) is 0.863. The lowest BCUT2D eigenvalue weighted by Gasteiger charge is -2.25. The first-order valence-corrected chi connectivity index (χ1v) is 7.06. The van der Waals surface area contributed by atoms with E-state index in [-0.39, 0.29) is 18.5 Å². The predicted octanol–water partition coefficient (Wildman–Crippen LogP) is 1.09. The Morgan fingerprint density at radius 2 is 2.09 bits per heavy atom. The Bertz CT molecular complexity index is 623. The molecule has 0 aliphatic carbocycles. The van der Waals surface area contributed by atoms with Crippen molar-refractivity contribution in [1.29, 1.82) is 0 Å². The Hall–Kier alpha value is -2.57. The number of likely N-dealkylation sites (N-methyl/N-ethyl adjacent to an activating group) is 1. The number of amides is 1. The molecule has 0 saturated carbocycles. The summed E-state index contributed by atoms with van der Waals surface area (Å²) in [5.41, 5.74) is 6.65. The van der Waals surface area contributed by atoms with Crippen LogP contribution in [0.1, 0.15) is 12.5 Å². The summed E-state index contributed by atoms with van der Waals surface area (Å²) < 4.78 is 7.12. The summed E-state index contributed by atoms with van der Waals surface area (Å²) >= 11 is 0. The summed E-state index contributed by atoms with van der Waals surface area (Å²) in [5, 5.41) is 7.41. The number of aryl methyl sites for hydroxylation is 1. The number of anilines is 1. The molecule has 0 saturated heterocycles. The van der Waals surface area contributed by atoms with E-state index >= 15 is 0 Å². The van der Waals surface area contributed by atoms with Gasteiger partial charge in [-0.3, -0.25) is 4.79 Å². The Balaban J connectivity index is 1.84. The van der Waals surface area contributed by atoms with Crippen LogP contribution in [0.4, 0.5) is 5.82 Å². The Kier molecular flexibility index (Phi) is 4.98. The van der Waals surface area contributed by atoms with Crippen molar-refractivity contribution in [3.05, 3.63) is 36.0 Å². The summed E-state index contributed by atoms with van der Waals surface area (Å²) in [4.78, 5) is 13.8. The molecule has 1 heterocycles. The van der Waals surface area contributed by atoms with Crippen molar-refractivity contribution in [1.82, 2.24) is 19.9 Å². The largest absolute Gasteiger partial charge is 0.491 e. The van der Waals surface area contributed by atoms with E-state index in [2.05, 4.69) is 10.3 Å².